The molecule has 1 aromatic carbocycles. The average Bonchev–Trinajstić information content (AvgIpc) is 2.15. The Hall–Kier alpha value is -1.07. The van der Waals surface area contributed by atoms with Gasteiger partial charge in [-0.15, -0.1) is 0 Å². The van der Waals surface area contributed by atoms with Crippen LogP contribution in [-0.4, -0.2) is 10.2 Å². The summed E-state index contributed by atoms with van der Waals surface area (Å²) in [4.78, 5) is 3.95. The number of halogens is 2. The molecule has 0 amide bonds. The van der Waals surface area contributed by atoms with Gasteiger partial charge in [-0.2, -0.15) is 0 Å². The molecule has 0 saturated carbocycles. The molecule has 6 heteroatoms. The minimum absolute atomic E-state index is 0.00540. The third-order valence-electron chi connectivity index (χ3n) is 1.90. The van der Waals surface area contributed by atoms with Gasteiger partial charge in [-0.1, -0.05) is 23.2 Å². The van der Waals surface area contributed by atoms with E-state index in [1.807, 2.05) is 0 Å². The van der Waals surface area contributed by atoms with Crippen LogP contribution < -0.4 is 5.23 Å². The van der Waals surface area contributed by atoms with Gasteiger partial charge < -0.3 is 10.4 Å². The Morgan fingerprint density at radius 3 is 2.53 bits per heavy atom. The molecule has 0 atom stereocenters. The van der Waals surface area contributed by atoms with Crippen LogP contribution in [0, 0.1) is 5.21 Å². The molecule has 0 unspecified atom stereocenters. The maximum absolute atomic E-state index is 10.8. The molecular weight excluding hydrogens is 239 g/mol. The molecule has 0 spiro atoms. The fourth-order valence-corrected chi connectivity index (χ4v) is 1.70. The van der Waals surface area contributed by atoms with E-state index in [2.05, 4.69) is 4.98 Å². The van der Waals surface area contributed by atoms with E-state index in [0.717, 1.165) is 0 Å². The lowest BCUT2D eigenvalue weighted by Crippen LogP contribution is -2.08. The fraction of sp³-hybridized carbons (Fsp3) is 0. The minimum atomic E-state index is -0.269. The Balaban J connectivity index is 2.80. The van der Waals surface area contributed by atoms with Crippen molar-refractivity contribution >= 4 is 39.8 Å². The zero-order valence-corrected chi connectivity index (χ0v) is 8.83. The number of hydrogen-bond donors (Lipinski definition) is 1. The monoisotopic (exact) mass is 243 g/mol. The summed E-state index contributed by atoms with van der Waals surface area (Å²) in [5.74, 6) is 0. The third kappa shape index (κ3) is 1.98. The molecule has 2 rings (SSSR count). The maximum Gasteiger partial charge on any atom is 0.0951 e. The molecular formula is C9H5Cl2N2O2-. The first-order valence-electron chi connectivity index (χ1n) is 3.99. The number of benzene rings is 1. The highest BCUT2D eigenvalue weighted by atomic mass is 35.5. The van der Waals surface area contributed by atoms with Gasteiger partial charge in [0.05, 0.1) is 16.2 Å². The Kier molecular flexibility index (Phi) is 2.67. The van der Waals surface area contributed by atoms with Crippen LogP contribution in [-0.2, 0) is 0 Å². The van der Waals surface area contributed by atoms with Gasteiger partial charge in [-0.3, -0.25) is 10.2 Å². The van der Waals surface area contributed by atoms with Crippen LogP contribution in [0.3, 0.4) is 0 Å². The van der Waals surface area contributed by atoms with Crippen LogP contribution in [0.25, 0.3) is 10.9 Å². The second-order valence-electron chi connectivity index (χ2n) is 2.92. The number of pyridine rings is 1. The van der Waals surface area contributed by atoms with E-state index in [0.29, 0.717) is 20.9 Å². The van der Waals surface area contributed by atoms with Gasteiger partial charge in [-0.25, -0.2) is 0 Å². The van der Waals surface area contributed by atoms with Crippen LogP contribution in [0.5, 0.6) is 0 Å². The van der Waals surface area contributed by atoms with Crippen molar-refractivity contribution in [3.05, 3.63) is 39.6 Å². The standard InChI is InChI=1S/C9H5Cl2N2O2/c10-6-1-5-2-7(11)4-12-9(5)8(3-6)13(14)15/h1-4,14H/q-1. The molecule has 1 aromatic heterocycles. The van der Waals surface area contributed by atoms with E-state index in [-0.39, 0.29) is 10.9 Å². The number of anilines is 1. The molecule has 0 aliphatic carbocycles. The number of hydrogen-bond acceptors (Lipinski definition) is 4. The summed E-state index contributed by atoms with van der Waals surface area (Å²) in [7, 11) is 0. The highest BCUT2D eigenvalue weighted by Gasteiger charge is 2.05. The van der Waals surface area contributed by atoms with Gasteiger partial charge in [0.2, 0.25) is 0 Å². The van der Waals surface area contributed by atoms with Gasteiger partial charge in [-0.05, 0) is 18.2 Å². The van der Waals surface area contributed by atoms with Gasteiger partial charge in [0.15, 0.2) is 0 Å². The van der Waals surface area contributed by atoms with E-state index >= 15 is 0 Å². The van der Waals surface area contributed by atoms with Crippen molar-refractivity contribution in [1.82, 2.24) is 4.98 Å². The van der Waals surface area contributed by atoms with Crippen molar-refractivity contribution in [1.29, 1.82) is 0 Å². The molecule has 78 valence electrons. The molecule has 1 N–H and O–H groups in total. The van der Waals surface area contributed by atoms with Crippen LogP contribution in [0.4, 0.5) is 5.69 Å². The van der Waals surface area contributed by atoms with Gasteiger partial charge >= 0.3 is 0 Å². The van der Waals surface area contributed by atoms with Crippen molar-refractivity contribution in [3.8, 4) is 0 Å². The first-order valence-corrected chi connectivity index (χ1v) is 4.74. The molecule has 0 aliphatic rings. The zero-order chi connectivity index (χ0) is 11.0. The SMILES string of the molecule is [O-]N(O)c1cc(Cl)cc2cc(Cl)cnc12. The van der Waals surface area contributed by atoms with Crippen molar-refractivity contribution in [2.75, 3.05) is 5.23 Å². The van der Waals surface area contributed by atoms with E-state index < -0.39 is 0 Å². The van der Waals surface area contributed by atoms with E-state index in [1.54, 1.807) is 12.1 Å². The second-order valence-corrected chi connectivity index (χ2v) is 3.80. The molecule has 0 radical (unpaired) electrons. The Morgan fingerprint density at radius 2 is 1.87 bits per heavy atom. The largest absolute Gasteiger partial charge is 0.733 e. The second kappa shape index (κ2) is 3.83. The zero-order valence-electron chi connectivity index (χ0n) is 7.32. The normalized spacial score (nSPS) is 10.7. The fourth-order valence-electron chi connectivity index (χ4n) is 1.31. The van der Waals surface area contributed by atoms with Crippen molar-refractivity contribution < 1.29 is 5.21 Å². The topological polar surface area (TPSA) is 59.4 Å². The first kappa shape index (κ1) is 10.4. The average molecular weight is 244 g/mol. The van der Waals surface area contributed by atoms with E-state index in [9.17, 15) is 5.21 Å². The summed E-state index contributed by atoms with van der Waals surface area (Å²) in [6.07, 6.45) is 1.39. The lowest BCUT2D eigenvalue weighted by molar-refractivity contribution is 0.297. The predicted octanol–water partition coefficient (Wildman–Crippen LogP) is 3.24. The Morgan fingerprint density at radius 1 is 1.20 bits per heavy atom. The molecule has 4 nitrogen and oxygen atoms in total. The van der Waals surface area contributed by atoms with E-state index in [4.69, 9.17) is 28.4 Å². The quantitative estimate of drug-likeness (QED) is 0.782. The molecule has 0 aliphatic heterocycles. The van der Waals surface area contributed by atoms with Crippen LogP contribution in [0.1, 0.15) is 0 Å². The lowest BCUT2D eigenvalue weighted by Gasteiger charge is -2.22. The summed E-state index contributed by atoms with van der Waals surface area (Å²) < 4.78 is 0. The van der Waals surface area contributed by atoms with Crippen LogP contribution >= 0.6 is 23.2 Å². The molecule has 2 aromatic rings. The molecule has 1 heterocycles. The highest BCUT2D eigenvalue weighted by Crippen LogP contribution is 2.29. The molecule has 0 fully saturated rings. The van der Waals surface area contributed by atoms with Crippen molar-refractivity contribution in [3.63, 3.8) is 0 Å². The number of nitrogens with zero attached hydrogens (tertiary/aromatic N) is 2. The molecule has 0 bridgehead atoms. The predicted molar refractivity (Wildman–Crippen MR) is 59.4 cm³/mol. The molecule has 15 heavy (non-hydrogen) atoms. The summed E-state index contributed by atoms with van der Waals surface area (Å²) in [6, 6.07) is 4.56. The van der Waals surface area contributed by atoms with Crippen LogP contribution in [0.2, 0.25) is 10.0 Å². The smallest absolute Gasteiger partial charge is 0.0951 e. The first-order chi connectivity index (χ1) is 7.08. The Bertz CT molecular complexity index is 511. The van der Waals surface area contributed by atoms with Gasteiger partial charge in [0, 0.05) is 16.6 Å². The highest BCUT2D eigenvalue weighted by molar-refractivity contribution is 6.33. The minimum Gasteiger partial charge on any atom is -0.733 e. The third-order valence-corrected chi connectivity index (χ3v) is 2.33. The number of fused-ring (bicyclic) bond motifs is 1. The summed E-state index contributed by atoms with van der Waals surface area (Å²) in [5, 5.41) is 20.8. The van der Waals surface area contributed by atoms with Crippen molar-refractivity contribution in [2.45, 2.75) is 0 Å². The summed E-state index contributed by atoms with van der Waals surface area (Å²) in [6.45, 7) is 0. The van der Waals surface area contributed by atoms with Gasteiger partial charge in [0.1, 0.15) is 0 Å². The maximum atomic E-state index is 10.8. The Labute approximate surface area is 95.2 Å². The van der Waals surface area contributed by atoms with Crippen molar-refractivity contribution in [2.24, 2.45) is 0 Å². The molecule has 0 saturated heterocycles. The van der Waals surface area contributed by atoms with E-state index in [1.165, 1.54) is 12.3 Å². The summed E-state index contributed by atoms with van der Waals surface area (Å²) >= 11 is 11.5. The number of aromatic nitrogens is 1. The lowest BCUT2D eigenvalue weighted by atomic mass is 10.2. The number of rotatable bonds is 1. The van der Waals surface area contributed by atoms with Gasteiger partial charge in [0.25, 0.3) is 0 Å². The van der Waals surface area contributed by atoms with Crippen LogP contribution in [0.15, 0.2) is 24.4 Å². The summed E-state index contributed by atoms with van der Waals surface area (Å²) in [5.41, 5.74) is 0.343.